The number of nitrogen functional groups attached to an aromatic ring is 1. The van der Waals surface area contributed by atoms with Crippen molar-refractivity contribution >= 4 is 37.7 Å². The Labute approximate surface area is 121 Å². The van der Waals surface area contributed by atoms with Crippen molar-refractivity contribution in [2.75, 3.05) is 12.3 Å². The van der Waals surface area contributed by atoms with E-state index in [9.17, 15) is 10.2 Å². The summed E-state index contributed by atoms with van der Waals surface area (Å²) in [5.41, 5.74) is 6.47. The first-order chi connectivity index (χ1) is 9.54. The summed E-state index contributed by atoms with van der Waals surface area (Å²) in [6, 6.07) is 0. The van der Waals surface area contributed by atoms with Crippen LogP contribution in [0.5, 0.6) is 0 Å². The number of imidazole rings is 1. The van der Waals surface area contributed by atoms with Gasteiger partial charge in [-0.3, -0.25) is 0 Å². The van der Waals surface area contributed by atoms with Crippen LogP contribution in [-0.4, -0.2) is 75.8 Å². The Bertz CT molecular complexity index is 650. The Morgan fingerprint density at radius 2 is 2.10 bits per heavy atom. The zero-order valence-corrected chi connectivity index (χ0v) is 11.8. The average Bonchev–Trinajstić information content (AvgIpc) is 2.90. The molecule has 107 valence electrons. The molecule has 3 heterocycles. The first-order valence-electron chi connectivity index (χ1n) is 5.82. The SMILES string of the molecule is Nc1ncnc2c1nc([Se])n2[C@@H]1O[C@H](CO)C(O)C1O. The van der Waals surface area contributed by atoms with Crippen LogP contribution < -0.4 is 10.5 Å². The van der Waals surface area contributed by atoms with Gasteiger partial charge in [0.15, 0.2) is 0 Å². The van der Waals surface area contributed by atoms with Crippen LogP contribution in [0.25, 0.3) is 11.2 Å². The van der Waals surface area contributed by atoms with E-state index in [1.165, 1.54) is 10.9 Å². The molecule has 1 radical (unpaired) electrons. The Hall–Kier alpha value is -1.29. The first-order valence-corrected chi connectivity index (χ1v) is 6.68. The van der Waals surface area contributed by atoms with E-state index in [0.29, 0.717) is 15.9 Å². The molecule has 9 nitrogen and oxygen atoms in total. The Morgan fingerprint density at radius 3 is 2.75 bits per heavy atom. The van der Waals surface area contributed by atoms with E-state index in [-0.39, 0.29) is 5.82 Å². The molecule has 1 aliphatic heterocycles. The van der Waals surface area contributed by atoms with Gasteiger partial charge >= 0.3 is 121 Å². The molecular formula is C10H12N5O4Se. The van der Waals surface area contributed by atoms with Crippen LogP contribution in [0, 0.1) is 0 Å². The van der Waals surface area contributed by atoms with E-state index in [0.717, 1.165) is 0 Å². The molecule has 2 unspecified atom stereocenters. The van der Waals surface area contributed by atoms with E-state index >= 15 is 0 Å². The van der Waals surface area contributed by atoms with Gasteiger partial charge < -0.3 is 0 Å². The van der Waals surface area contributed by atoms with Crippen molar-refractivity contribution in [3.8, 4) is 0 Å². The van der Waals surface area contributed by atoms with Gasteiger partial charge in [0.05, 0.1) is 0 Å². The number of nitrogens with two attached hydrogens (primary N) is 1. The monoisotopic (exact) mass is 346 g/mol. The molecule has 4 atom stereocenters. The number of aliphatic hydroxyl groups is 3. The molecule has 2 aromatic rings. The van der Waals surface area contributed by atoms with Crippen LogP contribution in [0.15, 0.2) is 6.33 Å². The Morgan fingerprint density at radius 1 is 1.35 bits per heavy atom. The van der Waals surface area contributed by atoms with Gasteiger partial charge in [-0.05, 0) is 0 Å². The van der Waals surface area contributed by atoms with Gasteiger partial charge in [-0.15, -0.1) is 0 Å². The molecule has 0 spiro atoms. The third-order valence-electron chi connectivity index (χ3n) is 3.24. The predicted octanol–water partition coefficient (Wildman–Crippen LogP) is -3.19. The molecule has 10 heteroatoms. The zero-order valence-electron chi connectivity index (χ0n) is 10.1. The molecule has 5 N–H and O–H groups in total. The summed E-state index contributed by atoms with van der Waals surface area (Å²) in [5.74, 6) is 0.206. The first kappa shape index (κ1) is 13.7. The summed E-state index contributed by atoms with van der Waals surface area (Å²) in [4.78, 5) is 12.1. The molecule has 0 saturated carbocycles. The van der Waals surface area contributed by atoms with Gasteiger partial charge in [0.1, 0.15) is 0 Å². The minimum atomic E-state index is -1.21. The van der Waals surface area contributed by atoms with Gasteiger partial charge in [0, 0.05) is 0 Å². The number of ether oxygens (including phenoxy) is 1. The third-order valence-corrected chi connectivity index (χ3v) is 3.85. The summed E-state index contributed by atoms with van der Waals surface area (Å²) >= 11 is 2.73. The van der Waals surface area contributed by atoms with Crippen molar-refractivity contribution in [2.45, 2.75) is 24.5 Å². The van der Waals surface area contributed by atoms with E-state index in [1.54, 1.807) is 0 Å². The average molecular weight is 345 g/mol. The van der Waals surface area contributed by atoms with E-state index in [4.69, 9.17) is 15.6 Å². The maximum absolute atomic E-state index is 10.1. The normalized spacial score (nSPS) is 30.1. The molecule has 0 bridgehead atoms. The van der Waals surface area contributed by atoms with Crippen molar-refractivity contribution in [3.05, 3.63) is 6.33 Å². The number of hydrogen-bond acceptors (Lipinski definition) is 8. The summed E-state index contributed by atoms with van der Waals surface area (Å²) in [5, 5.41) is 29.0. The van der Waals surface area contributed by atoms with Crippen molar-refractivity contribution in [3.63, 3.8) is 0 Å². The molecule has 0 amide bonds. The minimum absolute atomic E-state index is 0.206. The number of nitrogens with zero attached hydrogens (tertiary/aromatic N) is 4. The molecule has 3 rings (SSSR count). The number of aliphatic hydroxyl groups excluding tert-OH is 3. The fourth-order valence-electron chi connectivity index (χ4n) is 2.23. The fourth-order valence-corrected chi connectivity index (χ4v) is 2.82. The molecule has 0 aromatic carbocycles. The van der Waals surface area contributed by atoms with Crippen LogP contribution in [0.4, 0.5) is 5.82 Å². The second kappa shape index (κ2) is 4.92. The van der Waals surface area contributed by atoms with Crippen LogP contribution in [-0.2, 0) is 4.74 Å². The van der Waals surface area contributed by atoms with Gasteiger partial charge in [-0.2, -0.15) is 0 Å². The van der Waals surface area contributed by atoms with Crippen molar-refractivity contribution in [1.82, 2.24) is 19.5 Å². The summed E-state index contributed by atoms with van der Waals surface area (Å²) < 4.78 is 7.33. The maximum atomic E-state index is 10.1. The Kier molecular flexibility index (Phi) is 3.36. The standard InChI is InChI=1S/C10H12N5O4Se/c11-7-4-8(13-2-12-7)15(10(20)14-4)9-6(18)5(17)3(1-16)19-9/h2-3,5-6,9,16-18H,1H2,(H2,11,12,13)/t3-,5?,6?,9-/m1/s1. The van der Waals surface area contributed by atoms with Crippen LogP contribution in [0.2, 0.25) is 0 Å². The number of rotatable bonds is 2. The number of aromatic nitrogens is 4. The second-order valence-corrected chi connectivity index (χ2v) is 5.19. The van der Waals surface area contributed by atoms with Crippen molar-refractivity contribution in [1.29, 1.82) is 0 Å². The number of anilines is 1. The molecule has 1 saturated heterocycles. The van der Waals surface area contributed by atoms with Crippen LogP contribution in [0.1, 0.15) is 6.23 Å². The van der Waals surface area contributed by atoms with Crippen LogP contribution in [0.3, 0.4) is 0 Å². The van der Waals surface area contributed by atoms with Gasteiger partial charge in [-0.1, -0.05) is 0 Å². The van der Waals surface area contributed by atoms with E-state index < -0.39 is 31.1 Å². The number of hydrogen-bond donors (Lipinski definition) is 4. The summed E-state index contributed by atoms with van der Waals surface area (Å²) in [6.45, 7) is -0.402. The van der Waals surface area contributed by atoms with Crippen molar-refractivity contribution < 1.29 is 20.1 Å². The van der Waals surface area contributed by atoms with E-state index in [2.05, 4.69) is 31.0 Å². The van der Waals surface area contributed by atoms with E-state index in [1.807, 2.05) is 0 Å². The van der Waals surface area contributed by atoms with Crippen LogP contribution >= 0.6 is 0 Å². The predicted molar refractivity (Wildman–Crippen MR) is 68.1 cm³/mol. The molecule has 20 heavy (non-hydrogen) atoms. The summed E-state index contributed by atoms with van der Waals surface area (Å²) in [6.07, 6.45) is -2.92. The zero-order chi connectivity index (χ0) is 14.4. The van der Waals surface area contributed by atoms with Crippen molar-refractivity contribution in [2.24, 2.45) is 0 Å². The molecule has 0 aliphatic carbocycles. The number of fused-ring (bicyclic) bond motifs is 1. The molecule has 2 aromatic heterocycles. The molecule has 1 fully saturated rings. The second-order valence-electron chi connectivity index (χ2n) is 4.42. The molecular weight excluding hydrogens is 333 g/mol. The third kappa shape index (κ3) is 1.89. The van der Waals surface area contributed by atoms with Gasteiger partial charge in [0.2, 0.25) is 0 Å². The molecule has 1 aliphatic rings. The van der Waals surface area contributed by atoms with Gasteiger partial charge in [-0.25, -0.2) is 0 Å². The fraction of sp³-hybridized carbons (Fsp3) is 0.500. The Balaban J connectivity index is 2.11. The van der Waals surface area contributed by atoms with Gasteiger partial charge in [0.25, 0.3) is 0 Å². The quantitative estimate of drug-likeness (QED) is 0.418. The topological polar surface area (TPSA) is 140 Å². The summed E-state index contributed by atoms with van der Waals surface area (Å²) in [7, 11) is 0.